The van der Waals surface area contributed by atoms with Gasteiger partial charge in [0.2, 0.25) is 0 Å². The van der Waals surface area contributed by atoms with Crippen LogP contribution < -0.4 is 5.32 Å². The summed E-state index contributed by atoms with van der Waals surface area (Å²) in [7, 11) is 0. The van der Waals surface area contributed by atoms with Gasteiger partial charge in [-0.25, -0.2) is 0 Å². The SMILES string of the molecule is FC(F)(F)c1ccccc1CN1CCN(C2CCNC2)CC1. The van der Waals surface area contributed by atoms with Gasteiger partial charge in [-0.3, -0.25) is 9.80 Å². The monoisotopic (exact) mass is 313 g/mol. The van der Waals surface area contributed by atoms with E-state index in [0.717, 1.165) is 39.3 Å². The van der Waals surface area contributed by atoms with Crippen molar-refractivity contribution in [2.75, 3.05) is 39.3 Å². The maximum absolute atomic E-state index is 13.0. The molecule has 1 unspecified atom stereocenters. The van der Waals surface area contributed by atoms with Crippen LogP contribution in [0.3, 0.4) is 0 Å². The third-order valence-corrected chi connectivity index (χ3v) is 4.67. The highest BCUT2D eigenvalue weighted by molar-refractivity contribution is 5.29. The molecule has 2 aliphatic rings. The van der Waals surface area contributed by atoms with Crippen molar-refractivity contribution in [2.45, 2.75) is 25.2 Å². The molecule has 0 spiro atoms. The standard InChI is InChI=1S/C16H22F3N3/c17-16(18,19)15-4-2-1-3-13(15)12-21-7-9-22(10-8-21)14-5-6-20-11-14/h1-4,14,20H,5-12H2. The highest BCUT2D eigenvalue weighted by atomic mass is 19.4. The van der Waals surface area contributed by atoms with E-state index in [4.69, 9.17) is 0 Å². The first-order chi connectivity index (χ1) is 10.5. The summed E-state index contributed by atoms with van der Waals surface area (Å²) < 4.78 is 39.1. The molecule has 2 fully saturated rings. The predicted molar refractivity (Wildman–Crippen MR) is 79.6 cm³/mol. The molecule has 0 radical (unpaired) electrons. The van der Waals surface area contributed by atoms with Crippen LogP contribution in [0.15, 0.2) is 24.3 Å². The zero-order valence-electron chi connectivity index (χ0n) is 12.6. The van der Waals surface area contributed by atoms with Gasteiger partial charge in [0.1, 0.15) is 0 Å². The first-order valence-electron chi connectivity index (χ1n) is 7.86. The number of hydrogen-bond donors (Lipinski definition) is 1. The van der Waals surface area contributed by atoms with E-state index < -0.39 is 11.7 Å². The summed E-state index contributed by atoms with van der Waals surface area (Å²) in [6, 6.07) is 6.51. The molecule has 3 rings (SSSR count). The Bertz CT molecular complexity index is 490. The molecular weight excluding hydrogens is 291 g/mol. The number of nitrogens with one attached hydrogen (secondary N) is 1. The van der Waals surface area contributed by atoms with Crippen LogP contribution in [0.2, 0.25) is 0 Å². The quantitative estimate of drug-likeness (QED) is 0.923. The van der Waals surface area contributed by atoms with Crippen molar-refractivity contribution in [3.8, 4) is 0 Å². The van der Waals surface area contributed by atoms with Gasteiger partial charge in [0.05, 0.1) is 5.56 Å². The van der Waals surface area contributed by atoms with Crippen molar-refractivity contribution < 1.29 is 13.2 Å². The molecule has 0 amide bonds. The summed E-state index contributed by atoms with van der Waals surface area (Å²) in [5.74, 6) is 0. The van der Waals surface area contributed by atoms with E-state index in [-0.39, 0.29) is 0 Å². The second-order valence-corrected chi connectivity index (χ2v) is 6.11. The Labute approximate surface area is 129 Å². The molecule has 0 bridgehead atoms. The molecule has 22 heavy (non-hydrogen) atoms. The van der Waals surface area contributed by atoms with Gasteiger partial charge in [0, 0.05) is 45.3 Å². The molecule has 2 aliphatic heterocycles. The molecule has 2 heterocycles. The molecular formula is C16H22F3N3. The van der Waals surface area contributed by atoms with E-state index in [0.29, 0.717) is 18.2 Å². The van der Waals surface area contributed by atoms with Crippen LogP contribution in [-0.4, -0.2) is 55.1 Å². The lowest BCUT2D eigenvalue weighted by atomic mass is 10.1. The Morgan fingerprint density at radius 1 is 1.09 bits per heavy atom. The third kappa shape index (κ3) is 3.62. The van der Waals surface area contributed by atoms with Crippen LogP contribution in [0.1, 0.15) is 17.5 Å². The van der Waals surface area contributed by atoms with Crippen LogP contribution >= 0.6 is 0 Å². The largest absolute Gasteiger partial charge is 0.416 e. The van der Waals surface area contributed by atoms with E-state index in [1.54, 1.807) is 12.1 Å². The molecule has 1 atom stereocenters. The molecule has 0 aliphatic carbocycles. The summed E-state index contributed by atoms with van der Waals surface area (Å²) in [5.41, 5.74) is -0.122. The molecule has 0 saturated carbocycles. The lowest BCUT2D eigenvalue weighted by Gasteiger charge is -2.38. The molecule has 122 valence electrons. The second kappa shape index (κ2) is 6.56. The van der Waals surface area contributed by atoms with E-state index in [1.165, 1.54) is 18.6 Å². The van der Waals surface area contributed by atoms with Crippen molar-refractivity contribution in [3.63, 3.8) is 0 Å². The number of halogens is 3. The van der Waals surface area contributed by atoms with Gasteiger partial charge in [0.25, 0.3) is 0 Å². The molecule has 2 saturated heterocycles. The number of hydrogen-bond acceptors (Lipinski definition) is 3. The van der Waals surface area contributed by atoms with Crippen molar-refractivity contribution in [1.82, 2.24) is 15.1 Å². The Hall–Kier alpha value is -1.11. The number of nitrogens with zero attached hydrogens (tertiary/aromatic N) is 2. The predicted octanol–water partition coefficient (Wildman–Crippen LogP) is 2.18. The smallest absolute Gasteiger partial charge is 0.315 e. The highest BCUT2D eigenvalue weighted by Crippen LogP contribution is 2.32. The van der Waals surface area contributed by atoms with Crippen LogP contribution in [0.4, 0.5) is 13.2 Å². The van der Waals surface area contributed by atoms with E-state index >= 15 is 0 Å². The first kappa shape index (κ1) is 15.8. The topological polar surface area (TPSA) is 18.5 Å². The number of alkyl halides is 3. The Balaban J connectivity index is 1.59. The Morgan fingerprint density at radius 2 is 1.82 bits per heavy atom. The minimum Gasteiger partial charge on any atom is -0.315 e. The zero-order valence-corrected chi connectivity index (χ0v) is 12.6. The van der Waals surface area contributed by atoms with Crippen molar-refractivity contribution in [3.05, 3.63) is 35.4 Å². The fourth-order valence-corrected chi connectivity index (χ4v) is 3.41. The lowest BCUT2D eigenvalue weighted by molar-refractivity contribution is -0.138. The number of piperazine rings is 1. The van der Waals surface area contributed by atoms with Crippen LogP contribution in [0.5, 0.6) is 0 Å². The van der Waals surface area contributed by atoms with Gasteiger partial charge in [-0.1, -0.05) is 18.2 Å². The maximum Gasteiger partial charge on any atom is 0.416 e. The highest BCUT2D eigenvalue weighted by Gasteiger charge is 2.33. The summed E-state index contributed by atoms with van der Waals surface area (Å²) in [6.45, 7) is 6.06. The average Bonchev–Trinajstić information content (AvgIpc) is 3.02. The molecule has 1 aromatic rings. The van der Waals surface area contributed by atoms with Gasteiger partial charge >= 0.3 is 6.18 Å². The fraction of sp³-hybridized carbons (Fsp3) is 0.625. The molecule has 1 N–H and O–H groups in total. The van der Waals surface area contributed by atoms with E-state index in [2.05, 4.69) is 15.1 Å². The summed E-state index contributed by atoms with van der Waals surface area (Å²) in [6.07, 6.45) is -3.09. The second-order valence-electron chi connectivity index (χ2n) is 6.11. The molecule has 6 heteroatoms. The number of benzene rings is 1. The number of rotatable bonds is 3. The normalized spacial score (nSPS) is 24.8. The van der Waals surface area contributed by atoms with Crippen molar-refractivity contribution >= 4 is 0 Å². The summed E-state index contributed by atoms with van der Waals surface area (Å²) in [4.78, 5) is 4.59. The summed E-state index contributed by atoms with van der Waals surface area (Å²) >= 11 is 0. The van der Waals surface area contributed by atoms with Gasteiger partial charge in [-0.2, -0.15) is 13.2 Å². The van der Waals surface area contributed by atoms with Crippen LogP contribution in [0, 0.1) is 0 Å². The Morgan fingerprint density at radius 3 is 2.45 bits per heavy atom. The molecule has 0 aromatic heterocycles. The maximum atomic E-state index is 13.0. The molecule has 1 aromatic carbocycles. The fourth-order valence-electron chi connectivity index (χ4n) is 3.41. The van der Waals surface area contributed by atoms with E-state index in [1.807, 2.05) is 0 Å². The van der Waals surface area contributed by atoms with Crippen molar-refractivity contribution in [1.29, 1.82) is 0 Å². The average molecular weight is 313 g/mol. The zero-order chi connectivity index (χ0) is 15.6. The van der Waals surface area contributed by atoms with Gasteiger partial charge in [-0.15, -0.1) is 0 Å². The summed E-state index contributed by atoms with van der Waals surface area (Å²) in [5, 5.41) is 3.36. The minimum absolute atomic E-state index is 0.381. The first-order valence-corrected chi connectivity index (χ1v) is 7.86. The van der Waals surface area contributed by atoms with Crippen LogP contribution in [-0.2, 0) is 12.7 Å². The van der Waals surface area contributed by atoms with E-state index in [9.17, 15) is 13.2 Å². The van der Waals surface area contributed by atoms with Gasteiger partial charge < -0.3 is 5.32 Å². The Kier molecular flexibility index (Phi) is 4.70. The molecule has 3 nitrogen and oxygen atoms in total. The van der Waals surface area contributed by atoms with Gasteiger partial charge in [0.15, 0.2) is 0 Å². The minimum atomic E-state index is -4.27. The lowest BCUT2D eigenvalue weighted by Crippen LogP contribution is -2.50. The van der Waals surface area contributed by atoms with Crippen molar-refractivity contribution in [2.24, 2.45) is 0 Å². The van der Waals surface area contributed by atoms with Crippen LogP contribution in [0.25, 0.3) is 0 Å². The third-order valence-electron chi connectivity index (χ3n) is 4.67. The van der Waals surface area contributed by atoms with Gasteiger partial charge in [-0.05, 0) is 24.6 Å².